The summed E-state index contributed by atoms with van der Waals surface area (Å²) in [6, 6.07) is 17.4. The van der Waals surface area contributed by atoms with Crippen molar-refractivity contribution >= 4 is 29.0 Å². The Labute approximate surface area is 182 Å². The van der Waals surface area contributed by atoms with Gasteiger partial charge in [0.25, 0.3) is 11.6 Å². The average Bonchev–Trinajstić information content (AvgIpc) is 3.42. The molecule has 2 aromatic heterocycles. The maximum atomic E-state index is 12.6. The number of aromatic nitrogens is 2. The van der Waals surface area contributed by atoms with Gasteiger partial charge in [-0.05, 0) is 43.3 Å². The molecule has 156 valence electrons. The van der Waals surface area contributed by atoms with E-state index in [2.05, 4.69) is 10.4 Å². The van der Waals surface area contributed by atoms with Gasteiger partial charge >= 0.3 is 0 Å². The van der Waals surface area contributed by atoms with Crippen LogP contribution in [0.1, 0.15) is 21.9 Å². The molecule has 4 aromatic rings. The second-order valence-corrected chi connectivity index (χ2v) is 7.96. The van der Waals surface area contributed by atoms with Crippen LogP contribution in [0.3, 0.4) is 0 Å². The molecule has 0 saturated carbocycles. The van der Waals surface area contributed by atoms with Crippen molar-refractivity contribution in [1.29, 1.82) is 0 Å². The van der Waals surface area contributed by atoms with Crippen LogP contribution >= 0.6 is 11.8 Å². The molecule has 0 spiro atoms. The van der Waals surface area contributed by atoms with Crippen LogP contribution in [0.4, 0.5) is 11.4 Å². The van der Waals surface area contributed by atoms with E-state index < -0.39 is 10.8 Å². The van der Waals surface area contributed by atoms with Crippen LogP contribution in [0.5, 0.6) is 0 Å². The second-order valence-electron chi connectivity index (χ2n) is 6.81. The summed E-state index contributed by atoms with van der Waals surface area (Å²) in [7, 11) is 0. The molecule has 0 saturated heterocycles. The van der Waals surface area contributed by atoms with E-state index in [9.17, 15) is 14.9 Å². The molecule has 31 heavy (non-hydrogen) atoms. The number of nitrogens with one attached hydrogen (secondary N) is 1. The number of hydrogen-bond acceptors (Lipinski definition) is 6. The molecule has 0 radical (unpaired) electrons. The van der Waals surface area contributed by atoms with Crippen LogP contribution in [0.25, 0.3) is 0 Å². The zero-order chi connectivity index (χ0) is 21.8. The van der Waals surface area contributed by atoms with Crippen LogP contribution in [-0.2, 0) is 6.54 Å². The van der Waals surface area contributed by atoms with E-state index in [0.29, 0.717) is 22.9 Å². The molecule has 0 aliphatic carbocycles. The number of nitro benzene ring substituents is 1. The predicted octanol–water partition coefficient (Wildman–Crippen LogP) is 5.14. The Kier molecular flexibility index (Phi) is 5.85. The van der Waals surface area contributed by atoms with Crippen LogP contribution in [0, 0.1) is 17.0 Å². The van der Waals surface area contributed by atoms with E-state index in [1.807, 2.05) is 31.2 Å². The molecule has 2 heterocycles. The largest absolute Gasteiger partial charge is 0.454 e. The Hall–Kier alpha value is -3.85. The number of nitrogens with zero attached hydrogens (tertiary/aromatic N) is 3. The lowest BCUT2D eigenvalue weighted by atomic mass is 10.2. The third-order valence-electron chi connectivity index (χ3n) is 4.38. The van der Waals surface area contributed by atoms with Gasteiger partial charge in [-0.1, -0.05) is 29.5 Å². The molecule has 1 amide bonds. The first-order valence-corrected chi connectivity index (χ1v) is 10.2. The van der Waals surface area contributed by atoms with E-state index in [0.717, 1.165) is 10.5 Å². The van der Waals surface area contributed by atoms with Gasteiger partial charge in [-0.15, -0.1) is 0 Å². The molecule has 8 nitrogen and oxygen atoms in total. The third-order valence-corrected chi connectivity index (χ3v) is 5.36. The highest BCUT2D eigenvalue weighted by atomic mass is 32.2. The smallest absolute Gasteiger partial charge is 0.291 e. The second kappa shape index (κ2) is 8.88. The molecule has 2 aromatic carbocycles. The number of carbonyl (C=O) groups is 1. The number of nitro groups is 1. The van der Waals surface area contributed by atoms with Crippen molar-refractivity contribution in [2.24, 2.45) is 0 Å². The van der Waals surface area contributed by atoms with Gasteiger partial charge in [0.1, 0.15) is 5.76 Å². The minimum atomic E-state index is -0.488. The number of rotatable bonds is 7. The summed E-state index contributed by atoms with van der Waals surface area (Å²) in [5.74, 6) is 0.198. The fraction of sp³-hybridized carbons (Fsp3) is 0.0909. The quantitative estimate of drug-likeness (QED) is 0.319. The standard InChI is InChI=1S/C22H18N4O4S/c1-15-3-6-19(7-4-15)31-20-12-16(11-17(13-20)26(28)29)24-22(27)21-8-5-18(30-21)14-25-10-2-9-23-25/h2-13H,14H2,1H3,(H,24,27). The molecule has 1 N–H and O–H groups in total. The van der Waals surface area contributed by atoms with E-state index in [-0.39, 0.29) is 11.4 Å². The van der Waals surface area contributed by atoms with Crippen molar-refractivity contribution in [3.63, 3.8) is 0 Å². The van der Waals surface area contributed by atoms with Crippen molar-refractivity contribution < 1.29 is 14.1 Å². The fourth-order valence-electron chi connectivity index (χ4n) is 2.89. The Bertz CT molecular complexity index is 1220. The molecular weight excluding hydrogens is 416 g/mol. The van der Waals surface area contributed by atoms with Gasteiger partial charge in [0.05, 0.1) is 11.5 Å². The highest BCUT2D eigenvalue weighted by Gasteiger charge is 2.16. The van der Waals surface area contributed by atoms with Gasteiger partial charge in [0, 0.05) is 40.0 Å². The lowest BCUT2D eigenvalue weighted by molar-refractivity contribution is -0.385. The Morgan fingerprint density at radius 1 is 1.16 bits per heavy atom. The van der Waals surface area contributed by atoms with Crippen molar-refractivity contribution in [3.05, 3.63) is 100 Å². The van der Waals surface area contributed by atoms with Gasteiger partial charge < -0.3 is 9.73 Å². The normalized spacial score (nSPS) is 10.7. The number of hydrogen-bond donors (Lipinski definition) is 1. The number of aryl methyl sites for hydroxylation is 1. The first kappa shape index (κ1) is 20.4. The lowest BCUT2D eigenvalue weighted by Crippen LogP contribution is -2.11. The summed E-state index contributed by atoms with van der Waals surface area (Å²) in [4.78, 5) is 25.1. The van der Waals surface area contributed by atoms with Crippen molar-refractivity contribution in [1.82, 2.24) is 9.78 Å². The highest BCUT2D eigenvalue weighted by molar-refractivity contribution is 7.99. The number of furan rings is 1. The first-order valence-electron chi connectivity index (χ1n) is 9.38. The molecule has 0 aliphatic heterocycles. The van der Waals surface area contributed by atoms with Gasteiger partial charge in [-0.2, -0.15) is 5.10 Å². The summed E-state index contributed by atoms with van der Waals surface area (Å²) >= 11 is 1.38. The predicted molar refractivity (Wildman–Crippen MR) is 116 cm³/mol. The zero-order valence-corrected chi connectivity index (χ0v) is 17.3. The first-order chi connectivity index (χ1) is 15.0. The fourth-order valence-corrected chi connectivity index (χ4v) is 3.80. The van der Waals surface area contributed by atoms with Crippen LogP contribution < -0.4 is 5.32 Å². The Morgan fingerprint density at radius 2 is 1.97 bits per heavy atom. The van der Waals surface area contributed by atoms with Gasteiger partial charge in [-0.25, -0.2) is 0 Å². The maximum absolute atomic E-state index is 12.6. The SMILES string of the molecule is Cc1ccc(Sc2cc(NC(=O)c3ccc(Cn4cccn4)o3)cc([N+](=O)[O-])c2)cc1. The van der Waals surface area contributed by atoms with Crippen molar-refractivity contribution in [2.45, 2.75) is 23.3 Å². The van der Waals surface area contributed by atoms with Gasteiger partial charge in [0.15, 0.2) is 5.76 Å². The minimum Gasteiger partial charge on any atom is -0.454 e. The summed E-state index contributed by atoms with van der Waals surface area (Å²) < 4.78 is 7.27. The van der Waals surface area contributed by atoms with Crippen molar-refractivity contribution in [3.8, 4) is 0 Å². The molecule has 4 rings (SSSR count). The summed E-state index contributed by atoms with van der Waals surface area (Å²) in [6.45, 7) is 2.39. The molecule has 0 fully saturated rings. The van der Waals surface area contributed by atoms with Crippen LogP contribution in [0.15, 0.2) is 87.3 Å². The van der Waals surface area contributed by atoms with E-state index in [1.54, 1.807) is 41.3 Å². The number of carbonyl (C=O) groups excluding carboxylic acids is 1. The van der Waals surface area contributed by atoms with E-state index in [4.69, 9.17) is 4.42 Å². The topological polar surface area (TPSA) is 103 Å². The van der Waals surface area contributed by atoms with E-state index in [1.165, 1.54) is 23.9 Å². The van der Waals surface area contributed by atoms with Gasteiger partial charge in [0.2, 0.25) is 0 Å². The van der Waals surface area contributed by atoms with E-state index >= 15 is 0 Å². The van der Waals surface area contributed by atoms with Crippen LogP contribution in [0.2, 0.25) is 0 Å². The molecular formula is C22H18N4O4S. The molecule has 9 heteroatoms. The molecule has 0 unspecified atom stereocenters. The van der Waals surface area contributed by atoms with Gasteiger partial charge in [-0.3, -0.25) is 19.6 Å². The minimum absolute atomic E-state index is 0.105. The summed E-state index contributed by atoms with van der Waals surface area (Å²) in [6.07, 6.45) is 3.45. The number of anilines is 1. The average molecular weight is 434 g/mol. The Balaban J connectivity index is 1.52. The lowest BCUT2D eigenvalue weighted by Gasteiger charge is -2.07. The zero-order valence-electron chi connectivity index (χ0n) is 16.5. The summed E-state index contributed by atoms with van der Waals surface area (Å²) in [5.41, 5.74) is 1.34. The van der Waals surface area contributed by atoms with Crippen molar-refractivity contribution in [2.75, 3.05) is 5.32 Å². The highest BCUT2D eigenvalue weighted by Crippen LogP contribution is 2.33. The molecule has 0 bridgehead atoms. The molecule has 0 atom stereocenters. The number of amides is 1. The maximum Gasteiger partial charge on any atom is 0.291 e. The number of non-ortho nitro benzene ring substituents is 1. The Morgan fingerprint density at radius 3 is 2.68 bits per heavy atom. The van der Waals surface area contributed by atoms with Crippen LogP contribution in [-0.4, -0.2) is 20.6 Å². The molecule has 0 aliphatic rings. The summed E-state index contributed by atoms with van der Waals surface area (Å²) in [5, 5.41) is 18.2. The third kappa shape index (κ3) is 5.20. The monoisotopic (exact) mass is 434 g/mol. The number of benzene rings is 2.